The van der Waals surface area contributed by atoms with Gasteiger partial charge >= 0.3 is 0 Å². The van der Waals surface area contributed by atoms with Crippen molar-refractivity contribution in [2.75, 3.05) is 13.1 Å². The summed E-state index contributed by atoms with van der Waals surface area (Å²) in [5.74, 6) is -0.168. The fraction of sp³-hybridized carbons (Fsp3) is 0.400. The van der Waals surface area contributed by atoms with Crippen LogP contribution in [0.3, 0.4) is 0 Å². The van der Waals surface area contributed by atoms with Gasteiger partial charge in [0, 0.05) is 25.5 Å². The lowest BCUT2D eigenvalue weighted by Crippen LogP contribution is -2.47. The molecule has 0 spiro atoms. The van der Waals surface area contributed by atoms with E-state index in [0.29, 0.717) is 4.91 Å². The molecule has 1 fully saturated rings. The normalized spacial score (nSPS) is 28.1. The van der Waals surface area contributed by atoms with Crippen LogP contribution in [0.25, 0.3) is 6.08 Å². The Kier molecular flexibility index (Phi) is 4.07. The highest BCUT2D eigenvalue weighted by molar-refractivity contribution is 8.18. The number of nitrogens with zero attached hydrogens (tertiary/aromatic N) is 3. The molecule has 0 aromatic carbocycles. The molecule has 0 bridgehead atoms. The van der Waals surface area contributed by atoms with E-state index >= 15 is 0 Å². The van der Waals surface area contributed by atoms with Crippen molar-refractivity contribution in [2.45, 2.75) is 26.1 Å². The lowest BCUT2D eigenvalue weighted by atomic mass is 10.2. The van der Waals surface area contributed by atoms with Gasteiger partial charge in [-0.25, -0.2) is 0 Å². The number of hydrogen-bond donors (Lipinski definition) is 0. The van der Waals surface area contributed by atoms with Gasteiger partial charge in [-0.2, -0.15) is 4.99 Å². The number of amidine groups is 1. The Morgan fingerprint density at radius 3 is 2.62 bits per heavy atom. The first-order valence-corrected chi connectivity index (χ1v) is 7.76. The Morgan fingerprint density at radius 1 is 1.29 bits per heavy atom. The van der Waals surface area contributed by atoms with Crippen molar-refractivity contribution in [3.05, 3.63) is 35.0 Å². The zero-order valence-electron chi connectivity index (χ0n) is 12.0. The van der Waals surface area contributed by atoms with E-state index in [1.165, 1.54) is 11.8 Å². The summed E-state index contributed by atoms with van der Waals surface area (Å²) in [6, 6.07) is 3.75. The molecule has 1 saturated heterocycles. The van der Waals surface area contributed by atoms with E-state index < -0.39 is 0 Å². The highest BCUT2D eigenvalue weighted by atomic mass is 32.2. The Hall–Kier alpha value is -1.66. The minimum Gasteiger partial charge on any atom is -0.372 e. The molecular formula is C15H17N3O2S. The number of aromatic nitrogens is 1. The van der Waals surface area contributed by atoms with Gasteiger partial charge in [0.15, 0.2) is 5.17 Å². The van der Waals surface area contributed by atoms with Crippen LogP contribution < -0.4 is 0 Å². The maximum atomic E-state index is 12.0. The molecule has 1 aromatic heterocycles. The van der Waals surface area contributed by atoms with E-state index in [-0.39, 0.29) is 18.1 Å². The predicted molar refractivity (Wildman–Crippen MR) is 83.8 cm³/mol. The lowest BCUT2D eigenvalue weighted by Gasteiger charge is -2.35. The molecule has 3 heterocycles. The maximum Gasteiger partial charge on any atom is 0.286 e. The summed E-state index contributed by atoms with van der Waals surface area (Å²) in [6.45, 7) is 5.62. The number of amides is 1. The van der Waals surface area contributed by atoms with Crippen LogP contribution in [0, 0.1) is 0 Å². The molecule has 0 radical (unpaired) electrons. The molecule has 2 aliphatic rings. The van der Waals surface area contributed by atoms with E-state index in [1.807, 2.05) is 32.1 Å². The van der Waals surface area contributed by atoms with Crippen LogP contribution in [-0.2, 0) is 9.53 Å². The second-order valence-electron chi connectivity index (χ2n) is 5.25. The highest BCUT2D eigenvalue weighted by Crippen LogP contribution is 2.31. The fourth-order valence-electron chi connectivity index (χ4n) is 2.48. The van der Waals surface area contributed by atoms with Gasteiger partial charge in [0.1, 0.15) is 0 Å². The summed E-state index contributed by atoms with van der Waals surface area (Å²) < 4.78 is 5.71. The topological polar surface area (TPSA) is 54.8 Å². The summed E-state index contributed by atoms with van der Waals surface area (Å²) in [7, 11) is 0. The van der Waals surface area contributed by atoms with Crippen LogP contribution in [0.2, 0.25) is 0 Å². The molecule has 2 atom stereocenters. The van der Waals surface area contributed by atoms with Crippen LogP contribution in [0.15, 0.2) is 34.4 Å². The summed E-state index contributed by atoms with van der Waals surface area (Å²) in [5.41, 5.74) is 0.959. The molecule has 0 saturated carbocycles. The molecule has 1 aromatic rings. The average molecular weight is 303 g/mol. The number of carbonyl (C=O) groups is 1. The lowest BCUT2D eigenvalue weighted by molar-refractivity contribution is -0.113. The van der Waals surface area contributed by atoms with Crippen molar-refractivity contribution < 1.29 is 9.53 Å². The average Bonchev–Trinajstić information content (AvgIpc) is 2.80. The standard InChI is InChI=1S/C15H17N3O2S/c1-10-8-18(9-11(2)20-10)15-17-14(19)13(21-15)7-12-3-5-16-6-4-12/h3-7,10-11H,8-9H2,1-2H3/b13-7+/t10-,11-/m0/s1. The van der Waals surface area contributed by atoms with Gasteiger partial charge in [0.2, 0.25) is 0 Å². The van der Waals surface area contributed by atoms with E-state index in [1.54, 1.807) is 12.4 Å². The van der Waals surface area contributed by atoms with E-state index in [9.17, 15) is 4.79 Å². The second kappa shape index (κ2) is 5.99. The quantitative estimate of drug-likeness (QED) is 0.744. The van der Waals surface area contributed by atoms with Crippen LogP contribution in [0.5, 0.6) is 0 Å². The predicted octanol–water partition coefficient (Wildman–Crippen LogP) is 2.16. The van der Waals surface area contributed by atoms with E-state index in [0.717, 1.165) is 23.8 Å². The van der Waals surface area contributed by atoms with E-state index in [2.05, 4.69) is 14.9 Å². The van der Waals surface area contributed by atoms with Gasteiger partial charge < -0.3 is 9.64 Å². The number of aliphatic imine (C=N–C) groups is 1. The molecule has 110 valence electrons. The minimum absolute atomic E-state index is 0.153. The number of ether oxygens (including phenoxy) is 1. The summed E-state index contributed by atoms with van der Waals surface area (Å²) in [6.07, 6.45) is 5.59. The van der Waals surface area contributed by atoms with Crippen molar-refractivity contribution in [2.24, 2.45) is 4.99 Å². The third-order valence-electron chi connectivity index (χ3n) is 3.30. The van der Waals surface area contributed by atoms with Gasteiger partial charge in [-0.05, 0) is 49.4 Å². The molecular weight excluding hydrogens is 286 g/mol. The van der Waals surface area contributed by atoms with Crippen molar-refractivity contribution in [1.82, 2.24) is 9.88 Å². The monoisotopic (exact) mass is 303 g/mol. The third-order valence-corrected chi connectivity index (χ3v) is 4.35. The van der Waals surface area contributed by atoms with Crippen LogP contribution in [0.4, 0.5) is 0 Å². The molecule has 0 aliphatic carbocycles. The number of thioether (sulfide) groups is 1. The van der Waals surface area contributed by atoms with Gasteiger partial charge in [-0.1, -0.05) is 0 Å². The fourth-order valence-corrected chi connectivity index (χ4v) is 3.41. The van der Waals surface area contributed by atoms with Gasteiger partial charge in [-0.15, -0.1) is 0 Å². The van der Waals surface area contributed by atoms with Crippen LogP contribution >= 0.6 is 11.8 Å². The van der Waals surface area contributed by atoms with Crippen molar-refractivity contribution in [1.29, 1.82) is 0 Å². The zero-order chi connectivity index (χ0) is 14.8. The summed E-state index contributed by atoms with van der Waals surface area (Å²) >= 11 is 1.44. The molecule has 0 unspecified atom stereocenters. The summed E-state index contributed by atoms with van der Waals surface area (Å²) in [5, 5.41) is 0.780. The highest BCUT2D eigenvalue weighted by Gasteiger charge is 2.30. The number of carbonyl (C=O) groups excluding carboxylic acids is 1. The maximum absolute atomic E-state index is 12.0. The first-order valence-electron chi connectivity index (χ1n) is 6.95. The number of morpholine rings is 1. The molecule has 6 heteroatoms. The van der Waals surface area contributed by atoms with Crippen LogP contribution in [-0.4, -0.2) is 46.3 Å². The minimum atomic E-state index is -0.168. The van der Waals surface area contributed by atoms with Gasteiger partial charge in [0.05, 0.1) is 17.1 Å². The Morgan fingerprint density at radius 2 is 1.95 bits per heavy atom. The molecule has 0 N–H and O–H groups in total. The van der Waals surface area contributed by atoms with E-state index in [4.69, 9.17) is 4.74 Å². The molecule has 2 aliphatic heterocycles. The van der Waals surface area contributed by atoms with Crippen molar-refractivity contribution >= 4 is 28.9 Å². The van der Waals surface area contributed by atoms with Crippen molar-refractivity contribution in [3.8, 4) is 0 Å². The number of rotatable bonds is 1. The molecule has 5 nitrogen and oxygen atoms in total. The third kappa shape index (κ3) is 3.33. The Labute approximate surface area is 128 Å². The zero-order valence-corrected chi connectivity index (χ0v) is 12.8. The SMILES string of the molecule is C[C@H]1CN(C2=NC(=O)/C(=C\c3ccncc3)S2)C[C@H](C)O1. The molecule has 1 amide bonds. The molecule has 21 heavy (non-hydrogen) atoms. The number of pyridine rings is 1. The second-order valence-corrected chi connectivity index (χ2v) is 6.26. The number of hydrogen-bond acceptors (Lipinski definition) is 5. The van der Waals surface area contributed by atoms with Crippen molar-refractivity contribution in [3.63, 3.8) is 0 Å². The first kappa shape index (κ1) is 14.3. The molecule has 3 rings (SSSR count). The Bertz CT molecular complexity index is 590. The Balaban J connectivity index is 1.74. The first-order chi connectivity index (χ1) is 10.1. The smallest absolute Gasteiger partial charge is 0.286 e. The largest absolute Gasteiger partial charge is 0.372 e. The van der Waals surface area contributed by atoms with Gasteiger partial charge in [-0.3, -0.25) is 9.78 Å². The summed E-state index contributed by atoms with van der Waals surface area (Å²) in [4.78, 5) is 23.0. The van der Waals surface area contributed by atoms with Crippen LogP contribution in [0.1, 0.15) is 19.4 Å². The van der Waals surface area contributed by atoms with Gasteiger partial charge in [0.25, 0.3) is 5.91 Å².